The van der Waals surface area contributed by atoms with Crippen molar-refractivity contribution in [3.8, 4) is 0 Å². The van der Waals surface area contributed by atoms with Crippen LogP contribution in [-0.2, 0) is 27.1 Å². The Labute approximate surface area is 209 Å². The summed E-state index contributed by atoms with van der Waals surface area (Å²) in [7, 11) is -3.61. The van der Waals surface area contributed by atoms with Crippen molar-refractivity contribution in [3.63, 3.8) is 0 Å². The third kappa shape index (κ3) is 6.04. The molecule has 190 valence electrons. The van der Waals surface area contributed by atoms with Gasteiger partial charge in [0.25, 0.3) is 0 Å². The Balaban J connectivity index is 1.63. The van der Waals surface area contributed by atoms with Crippen molar-refractivity contribution in [1.29, 1.82) is 0 Å². The van der Waals surface area contributed by atoms with Crippen LogP contribution >= 0.6 is 11.8 Å². The molecular formula is C25H31F2N3O3S2. The minimum atomic E-state index is -3.61. The standard InChI is InChI=1S/C25H31F2N3O3S2/c1-3-33-13-5-12-30-24-10-9-21(35(31,32)29-11-4-6-18(2)16-29)15-23(24)28-25(30)34-17-19-7-8-20(26)14-22(19)27/h7-10,14-15,18H,3-6,11-13,16-17H2,1-2H3/t18-/m1/s1. The van der Waals surface area contributed by atoms with Crippen molar-refractivity contribution < 1.29 is 21.9 Å². The normalized spacial score (nSPS) is 17.3. The van der Waals surface area contributed by atoms with E-state index < -0.39 is 21.7 Å². The lowest BCUT2D eigenvalue weighted by Crippen LogP contribution is -2.39. The second kappa shape index (κ2) is 11.4. The third-order valence-corrected chi connectivity index (χ3v) is 9.07. The summed E-state index contributed by atoms with van der Waals surface area (Å²) in [5, 5.41) is 0.654. The number of sulfonamides is 1. The third-order valence-electron chi connectivity index (χ3n) is 6.19. The summed E-state index contributed by atoms with van der Waals surface area (Å²) in [5.41, 5.74) is 1.77. The van der Waals surface area contributed by atoms with E-state index in [1.165, 1.54) is 23.9 Å². The summed E-state index contributed by atoms with van der Waals surface area (Å²) >= 11 is 1.34. The zero-order valence-corrected chi connectivity index (χ0v) is 21.7. The molecule has 1 saturated heterocycles. The predicted molar refractivity (Wildman–Crippen MR) is 134 cm³/mol. The molecule has 0 N–H and O–H groups in total. The number of fused-ring (bicyclic) bond motifs is 1. The molecule has 4 rings (SSSR count). The fourth-order valence-electron chi connectivity index (χ4n) is 4.34. The van der Waals surface area contributed by atoms with Crippen LogP contribution in [0.2, 0.25) is 0 Å². The van der Waals surface area contributed by atoms with Gasteiger partial charge in [-0.2, -0.15) is 4.31 Å². The van der Waals surface area contributed by atoms with Gasteiger partial charge in [0.2, 0.25) is 10.0 Å². The lowest BCUT2D eigenvalue weighted by Gasteiger charge is -2.30. The fraction of sp³-hybridized carbons (Fsp3) is 0.480. The van der Waals surface area contributed by atoms with Crippen LogP contribution in [0.25, 0.3) is 11.0 Å². The van der Waals surface area contributed by atoms with Crippen LogP contribution in [0.1, 0.15) is 38.7 Å². The molecular weight excluding hydrogens is 492 g/mol. The van der Waals surface area contributed by atoms with Crippen molar-refractivity contribution in [1.82, 2.24) is 13.9 Å². The molecule has 0 saturated carbocycles. The molecule has 1 fully saturated rings. The summed E-state index contributed by atoms with van der Waals surface area (Å²) < 4.78 is 63.1. The van der Waals surface area contributed by atoms with E-state index in [-0.39, 0.29) is 10.6 Å². The van der Waals surface area contributed by atoms with Crippen LogP contribution in [-0.4, -0.2) is 48.6 Å². The number of thioether (sulfide) groups is 1. The van der Waals surface area contributed by atoms with E-state index >= 15 is 0 Å². The van der Waals surface area contributed by atoms with Crippen LogP contribution < -0.4 is 0 Å². The fourth-order valence-corrected chi connectivity index (χ4v) is 6.98. The number of hydrogen-bond acceptors (Lipinski definition) is 5. The maximum Gasteiger partial charge on any atom is 0.243 e. The molecule has 0 amide bonds. The van der Waals surface area contributed by atoms with Gasteiger partial charge >= 0.3 is 0 Å². The number of benzene rings is 2. The van der Waals surface area contributed by atoms with Crippen LogP contribution in [0.4, 0.5) is 8.78 Å². The minimum Gasteiger partial charge on any atom is -0.382 e. The van der Waals surface area contributed by atoms with Crippen LogP contribution in [0.15, 0.2) is 46.5 Å². The second-order valence-electron chi connectivity index (χ2n) is 8.88. The lowest BCUT2D eigenvalue weighted by atomic mass is 10.0. The van der Waals surface area contributed by atoms with E-state index in [9.17, 15) is 17.2 Å². The molecule has 1 aliphatic rings. The molecule has 2 heterocycles. The first-order valence-electron chi connectivity index (χ1n) is 11.9. The van der Waals surface area contributed by atoms with Crippen molar-refractivity contribution in [2.75, 3.05) is 26.3 Å². The van der Waals surface area contributed by atoms with E-state index in [0.717, 1.165) is 30.8 Å². The van der Waals surface area contributed by atoms with Crippen molar-refractivity contribution in [2.45, 2.75) is 55.5 Å². The number of halogens is 2. The Kier molecular flexibility index (Phi) is 8.46. The number of aromatic nitrogens is 2. The molecule has 1 aromatic heterocycles. The van der Waals surface area contributed by atoms with Gasteiger partial charge in [0.15, 0.2) is 5.16 Å². The van der Waals surface area contributed by atoms with Crippen molar-refractivity contribution in [3.05, 3.63) is 53.6 Å². The Morgan fingerprint density at radius 1 is 1.20 bits per heavy atom. The highest BCUT2D eigenvalue weighted by Gasteiger charge is 2.29. The summed E-state index contributed by atoms with van der Waals surface area (Å²) in [4.78, 5) is 4.95. The largest absolute Gasteiger partial charge is 0.382 e. The number of hydrogen-bond donors (Lipinski definition) is 0. The summed E-state index contributed by atoms with van der Waals surface area (Å²) in [6.07, 6.45) is 2.65. The summed E-state index contributed by atoms with van der Waals surface area (Å²) in [6, 6.07) is 8.62. The van der Waals surface area contributed by atoms with E-state index in [1.54, 1.807) is 22.5 Å². The molecule has 6 nitrogen and oxygen atoms in total. The maximum absolute atomic E-state index is 14.2. The maximum atomic E-state index is 14.2. The van der Waals surface area contributed by atoms with Gasteiger partial charge in [0.1, 0.15) is 11.6 Å². The average molecular weight is 524 g/mol. The minimum absolute atomic E-state index is 0.235. The molecule has 10 heteroatoms. The molecule has 35 heavy (non-hydrogen) atoms. The van der Waals surface area contributed by atoms with E-state index in [4.69, 9.17) is 9.72 Å². The van der Waals surface area contributed by atoms with E-state index in [2.05, 4.69) is 6.92 Å². The highest BCUT2D eigenvalue weighted by molar-refractivity contribution is 7.98. The monoisotopic (exact) mass is 523 g/mol. The molecule has 0 bridgehead atoms. The SMILES string of the molecule is CCOCCCn1c(SCc2ccc(F)cc2F)nc2cc(S(=O)(=O)N3CCC[C@@H](C)C3)ccc21. The number of aryl methyl sites for hydroxylation is 1. The number of nitrogens with zero attached hydrogens (tertiary/aromatic N) is 3. The van der Waals surface area contributed by atoms with Gasteiger partial charge in [-0.1, -0.05) is 24.8 Å². The summed E-state index contributed by atoms with van der Waals surface area (Å²) in [5.74, 6) is -0.601. The Bertz CT molecular complexity index is 1280. The van der Waals surface area contributed by atoms with Gasteiger partial charge in [-0.05, 0) is 61.9 Å². The smallest absolute Gasteiger partial charge is 0.243 e. The van der Waals surface area contributed by atoms with Gasteiger partial charge in [-0.3, -0.25) is 0 Å². The molecule has 1 aliphatic heterocycles. The second-order valence-corrected chi connectivity index (χ2v) is 11.8. The highest BCUT2D eigenvalue weighted by atomic mass is 32.2. The van der Waals surface area contributed by atoms with Crippen LogP contribution in [0.5, 0.6) is 0 Å². The zero-order valence-electron chi connectivity index (χ0n) is 20.0. The van der Waals surface area contributed by atoms with Gasteiger partial charge in [0.05, 0.1) is 15.9 Å². The zero-order chi connectivity index (χ0) is 25.0. The lowest BCUT2D eigenvalue weighted by molar-refractivity contribution is 0.141. The van der Waals surface area contributed by atoms with Gasteiger partial charge in [-0.15, -0.1) is 0 Å². The van der Waals surface area contributed by atoms with Crippen molar-refractivity contribution in [2.24, 2.45) is 5.92 Å². The Morgan fingerprint density at radius 2 is 2.03 bits per heavy atom. The number of imidazole rings is 1. The average Bonchev–Trinajstić information content (AvgIpc) is 3.18. The highest BCUT2D eigenvalue weighted by Crippen LogP contribution is 2.31. The first-order chi connectivity index (χ1) is 16.8. The van der Waals surface area contributed by atoms with Crippen LogP contribution in [0, 0.1) is 17.6 Å². The number of piperidine rings is 1. The molecule has 2 aromatic carbocycles. The molecule has 0 aliphatic carbocycles. The number of ether oxygens (including phenoxy) is 1. The van der Waals surface area contributed by atoms with Gasteiger partial charge in [0, 0.05) is 44.7 Å². The first kappa shape index (κ1) is 26.1. The first-order valence-corrected chi connectivity index (χ1v) is 14.4. The number of rotatable bonds is 10. The van der Waals surface area contributed by atoms with Gasteiger partial charge < -0.3 is 9.30 Å². The molecule has 3 aromatic rings. The van der Waals surface area contributed by atoms with Crippen molar-refractivity contribution >= 4 is 32.8 Å². The summed E-state index contributed by atoms with van der Waals surface area (Å²) in [6.45, 7) is 6.91. The van der Waals surface area contributed by atoms with Gasteiger partial charge in [-0.25, -0.2) is 22.2 Å². The molecule has 0 unspecified atom stereocenters. The van der Waals surface area contributed by atoms with Crippen LogP contribution in [0.3, 0.4) is 0 Å². The Morgan fingerprint density at radius 3 is 2.77 bits per heavy atom. The van der Waals surface area contributed by atoms with E-state index in [1.807, 2.05) is 11.5 Å². The molecule has 0 radical (unpaired) electrons. The Hall–Kier alpha value is -2.01. The predicted octanol–water partition coefficient (Wildman–Crippen LogP) is 5.45. The van der Waals surface area contributed by atoms with E-state index in [0.29, 0.717) is 55.0 Å². The molecule has 1 atom stereocenters. The quantitative estimate of drug-likeness (QED) is 0.261. The topological polar surface area (TPSA) is 64.4 Å². The molecule has 0 spiro atoms.